The first-order chi connectivity index (χ1) is 13.1. The summed E-state index contributed by atoms with van der Waals surface area (Å²) in [6.45, 7) is 0.0634. The monoisotopic (exact) mass is 368 g/mol. The molecule has 0 spiro atoms. The molecule has 7 heteroatoms. The molecule has 0 saturated heterocycles. The molecule has 2 aromatic carbocycles. The van der Waals surface area contributed by atoms with Gasteiger partial charge in [-0.3, -0.25) is 4.79 Å². The highest BCUT2D eigenvalue weighted by Gasteiger charge is 2.24. The quantitative estimate of drug-likeness (QED) is 0.732. The lowest BCUT2D eigenvalue weighted by molar-refractivity contribution is -0.134. The Morgan fingerprint density at radius 1 is 1.04 bits per heavy atom. The summed E-state index contributed by atoms with van der Waals surface area (Å²) in [5.74, 6) is -0.361. The smallest absolute Gasteiger partial charge is 0.342 e. The minimum Gasteiger partial charge on any atom is -0.493 e. The van der Waals surface area contributed by atoms with Gasteiger partial charge in [0.25, 0.3) is 5.91 Å². The number of hydrogen-bond acceptors (Lipinski definition) is 6. The summed E-state index contributed by atoms with van der Waals surface area (Å²) in [5, 5.41) is 5.67. The second kappa shape index (κ2) is 8.35. The van der Waals surface area contributed by atoms with Crippen LogP contribution in [0.2, 0.25) is 0 Å². The molecule has 0 saturated carbocycles. The largest absolute Gasteiger partial charge is 0.493 e. The van der Waals surface area contributed by atoms with Crippen LogP contribution in [-0.2, 0) is 9.53 Å². The summed E-state index contributed by atoms with van der Waals surface area (Å²) in [6, 6.07) is 14.5. The van der Waals surface area contributed by atoms with Gasteiger partial charge in [0.15, 0.2) is 18.1 Å². The minimum atomic E-state index is -0.662. The number of hydrogen-bond donors (Lipinski definition) is 0. The van der Waals surface area contributed by atoms with Gasteiger partial charge in [0, 0.05) is 6.42 Å². The summed E-state index contributed by atoms with van der Waals surface area (Å²) < 4.78 is 15.5. The fourth-order valence-electron chi connectivity index (χ4n) is 2.80. The molecule has 0 aliphatic carbocycles. The summed E-state index contributed by atoms with van der Waals surface area (Å²) >= 11 is 0. The third kappa shape index (κ3) is 4.08. The Hall–Kier alpha value is -3.35. The Morgan fingerprint density at radius 3 is 2.52 bits per heavy atom. The number of benzene rings is 2. The van der Waals surface area contributed by atoms with Crippen LogP contribution in [0.1, 0.15) is 22.3 Å². The van der Waals surface area contributed by atoms with E-state index in [1.807, 2.05) is 30.3 Å². The number of amides is 1. The van der Waals surface area contributed by atoms with Crippen LogP contribution in [0.5, 0.6) is 11.5 Å². The van der Waals surface area contributed by atoms with Crippen LogP contribution in [0.15, 0.2) is 53.6 Å². The van der Waals surface area contributed by atoms with Crippen LogP contribution in [0.25, 0.3) is 0 Å². The Labute approximate surface area is 157 Å². The molecule has 1 amide bonds. The summed E-state index contributed by atoms with van der Waals surface area (Å²) in [6.07, 6.45) is 0.660. The SMILES string of the molecule is COc1cccc(C(=O)OCC(=O)N2CCC(c3ccccc3)=N2)c1OC. The van der Waals surface area contributed by atoms with E-state index in [0.29, 0.717) is 18.7 Å². The van der Waals surface area contributed by atoms with E-state index >= 15 is 0 Å². The second-order valence-electron chi connectivity index (χ2n) is 5.80. The predicted octanol–water partition coefficient (Wildman–Crippen LogP) is 2.50. The lowest BCUT2D eigenvalue weighted by atomic mass is 10.1. The molecule has 0 N–H and O–H groups in total. The number of ether oxygens (including phenoxy) is 3. The van der Waals surface area contributed by atoms with Crippen molar-refractivity contribution < 1.29 is 23.8 Å². The molecule has 1 aliphatic rings. The Kier molecular flexibility index (Phi) is 5.71. The first-order valence-corrected chi connectivity index (χ1v) is 8.45. The standard InChI is InChI=1S/C20H20N2O5/c1-25-17-10-6-9-15(19(17)26-2)20(24)27-13-18(23)22-12-11-16(21-22)14-7-4-3-5-8-14/h3-10H,11-13H2,1-2H3. The van der Waals surface area contributed by atoms with E-state index in [9.17, 15) is 9.59 Å². The minimum absolute atomic E-state index is 0.194. The van der Waals surface area contributed by atoms with Crippen LogP contribution < -0.4 is 9.47 Å². The van der Waals surface area contributed by atoms with Gasteiger partial charge in [0.05, 0.1) is 26.5 Å². The molecule has 0 unspecified atom stereocenters. The van der Waals surface area contributed by atoms with E-state index in [0.717, 1.165) is 11.3 Å². The fraction of sp³-hybridized carbons (Fsp3) is 0.250. The maximum atomic E-state index is 12.3. The van der Waals surface area contributed by atoms with Crippen molar-refractivity contribution in [3.63, 3.8) is 0 Å². The molecular weight excluding hydrogens is 348 g/mol. The second-order valence-corrected chi connectivity index (χ2v) is 5.80. The molecule has 7 nitrogen and oxygen atoms in total. The number of rotatable bonds is 6. The lowest BCUT2D eigenvalue weighted by Gasteiger charge is -2.14. The van der Waals surface area contributed by atoms with E-state index in [1.165, 1.54) is 19.2 Å². The van der Waals surface area contributed by atoms with Crippen LogP contribution >= 0.6 is 0 Å². The first kappa shape index (κ1) is 18.4. The maximum absolute atomic E-state index is 12.3. The van der Waals surface area contributed by atoms with Gasteiger partial charge >= 0.3 is 5.97 Å². The van der Waals surface area contributed by atoms with Gasteiger partial charge in [0.1, 0.15) is 5.56 Å². The number of carbonyl (C=O) groups excluding carboxylic acids is 2. The van der Waals surface area contributed by atoms with Crippen molar-refractivity contribution in [1.29, 1.82) is 0 Å². The summed E-state index contributed by atoms with van der Waals surface area (Å²) in [7, 11) is 2.91. The van der Waals surface area contributed by atoms with Crippen molar-refractivity contribution in [2.24, 2.45) is 5.10 Å². The molecule has 1 aliphatic heterocycles. The Balaban J connectivity index is 1.63. The van der Waals surface area contributed by atoms with Crippen molar-refractivity contribution >= 4 is 17.6 Å². The average Bonchev–Trinajstić information content (AvgIpc) is 3.22. The molecular formula is C20H20N2O5. The molecule has 0 bridgehead atoms. The van der Waals surface area contributed by atoms with Gasteiger partial charge in [-0.2, -0.15) is 5.10 Å². The number of para-hydroxylation sites is 1. The van der Waals surface area contributed by atoms with Gasteiger partial charge in [-0.05, 0) is 17.7 Å². The zero-order valence-electron chi connectivity index (χ0n) is 15.2. The van der Waals surface area contributed by atoms with E-state index in [4.69, 9.17) is 14.2 Å². The molecule has 2 aromatic rings. The number of nitrogens with zero attached hydrogens (tertiary/aromatic N) is 2. The van der Waals surface area contributed by atoms with E-state index in [1.54, 1.807) is 18.2 Å². The highest BCUT2D eigenvalue weighted by Crippen LogP contribution is 2.31. The predicted molar refractivity (Wildman–Crippen MR) is 99.1 cm³/mol. The van der Waals surface area contributed by atoms with Crippen molar-refractivity contribution in [1.82, 2.24) is 5.01 Å². The van der Waals surface area contributed by atoms with Crippen molar-refractivity contribution in [2.45, 2.75) is 6.42 Å². The van der Waals surface area contributed by atoms with E-state index in [-0.39, 0.29) is 17.2 Å². The van der Waals surface area contributed by atoms with E-state index in [2.05, 4.69) is 5.10 Å². The third-order valence-corrected chi connectivity index (χ3v) is 4.15. The zero-order valence-corrected chi connectivity index (χ0v) is 15.2. The van der Waals surface area contributed by atoms with Gasteiger partial charge in [-0.25, -0.2) is 9.80 Å². The van der Waals surface area contributed by atoms with Crippen molar-refractivity contribution in [2.75, 3.05) is 27.4 Å². The molecule has 0 atom stereocenters. The van der Waals surface area contributed by atoms with Crippen LogP contribution in [0.4, 0.5) is 0 Å². The van der Waals surface area contributed by atoms with Crippen molar-refractivity contribution in [3.05, 3.63) is 59.7 Å². The van der Waals surface area contributed by atoms with Crippen LogP contribution in [0.3, 0.4) is 0 Å². The average molecular weight is 368 g/mol. The van der Waals surface area contributed by atoms with E-state index < -0.39 is 12.6 Å². The lowest BCUT2D eigenvalue weighted by Crippen LogP contribution is -2.28. The van der Waals surface area contributed by atoms with Crippen molar-refractivity contribution in [3.8, 4) is 11.5 Å². The highest BCUT2D eigenvalue weighted by atomic mass is 16.5. The summed E-state index contributed by atoms with van der Waals surface area (Å²) in [5.41, 5.74) is 2.01. The molecule has 0 aromatic heterocycles. The number of methoxy groups -OCH3 is 2. The highest BCUT2D eigenvalue weighted by molar-refractivity contribution is 6.02. The summed E-state index contributed by atoms with van der Waals surface area (Å²) in [4.78, 5) is 24.7. The zero-order chi connectivity index (χ0) is 19.2. The number of carbonyl (C=O) groups is 2. The Morgan fingerprint density at radius 2 is 1.81 bits per heavy atom. The number of esters is 1. The van der Waals surface area contributed by atoms with Crippen LogP contribution in [-0.4, -0.2) is 50.0 Å². The first-order valence-electron chi connectivity index (χ1n) is 8.45. The molecule has 0 radical (unpaired) electrons. The molecule has 27 heavy (non-hydrogen) atoms. The normalized spacial score (nSPS) is 13.1. The Bertz CT molecular complexity index is 864. The van der Waals surface area contributed by atoms with Gasteiger partial charge in [-0.1, -0.05) is 36.4 Å². The molecule has 140 valence electrons. The molecule has 1 heterocycles. The maximum Gasteiger partial charge on any atom is 0.342 e. The van der Waals surface area contributed by atoms with Gasteiger partial charge < -0.3 is 14.2 Å². The van der Waals surface area contributed by atoms with Gasteiger partial charge in [-0.15, -0.1) is 0 Å². The fourth-order valence-corrected chi connectivity index (χ4v) is 2.80. The topological polar surface area (TPSA) is 77.4 Å². The third-order valence-electron chi connectivity index (χ3n) is 4.15. The molecule has 3 rings (SSSR count). The number of hydrazone groups is 1. The van der Waals surface area contributed by atoms with Crippen LogP contribution in [0, 0.1) is 0 Å². The molecule has 0 fully saturated rings. The van der Waals surface area contributed by atoms with Gasteiger partial charge in [0.2, 0.25) is 0 Å².